The van der Waals surface area contributed by atoms with Gasteiger partial charge < -0.3 is 94.4 Å². The molecule has 65 heavy (non-hydrogen) atoms. The third-order valence-corrected chi connectivity index (χ3v) is 17.7. The predicted octanol–water partition coefficient (Wildman–Crippen LogP) is -2.95. The van der Waals surface area contributed by atoms with Crippen molar-refractivity contribution in [2.24, 2.45) is 52.3 Å². The first-order valence-electron chi connectivity index (χ1n) is 23.8. The fourth-order valence-corrected chi connectivity index (χ4v) is 14.0. The second kappa shape index (κ2) is 19.6. The minimum Gasteiger partial charge on any atom is -0.394 e. The van der Waals surface area contributed by atoms with Gasteiger partial charge in [0.2, 0.25) is 0 Å². The summed E-state index contributed by atoms with van der Waals surface area (Å²) in [6, 6.07) is 0. The topological polar surface area (TPSA) is 324 Å². The highest BCUT2D eigenvalue weighted by Crippen LogP contribution is 2.69. The molecule has 12 N–H and O–H groups in total. The summed E-state index contributed by atoms with van der Waals surface area (Å²) in [6.07, 6.45) is -19.0. The van der Waals surface area contributed by atoms with Crippen LogP contribution < -0.4 is 0 Å². The highest BCUT2D eigenvalue weighted by atomic mass is 16.8. The van der Waals surface area contributed by atoms with E-state index in [9.17, 15) is 66.1 Å². The molecule has 20 heteroatoms. The minimum atomic E-state index is -1.78. The van der Waals surface area contributed by atoms with Crippen molar-refractivity contribution in [1.82, 2.24) is 0 Å². The van der Waals surface area contributed by atoms with E-state index >= 15 is 0 Å². The molecule has 28 atom stereocenters. The Morgan fingerprint density at radius 3 is 1.91 bits per heavy atom. The molecule has 0 radical (unpaired) electrons. The Morgan fingerprint density at radius 1 is 0.692 bits per heavy atom. The first kappa shape index (κ1) is 50.3. The van der Waals surface area contributed by atoms with E-state index in [0.29, 0.717) is 31.6 Å². The van der Waals surface area contributed by atoms with Gasteiger partial charge in [0.25, 0.3) is 0 Å². The van der Waals surface area contributed by atoms with Gasteiger partial charge in [-0.05, 0) is 85.9 Å². The second-order valence-corrected chi connectivity index (χ2v) is 21.3. The van der Waals surface area contributed by atoms with E-state index in [1.807, 2.05) is 6.92 Å². The van der Waals surface area contributed by atoms with Crippen LogP contribution in [0.15, 0.2) is 0 Å². The lowest BCUT2D eigenvalue weighted by Gasteiger charge is -2.60. The quantitative estimate of drug-likeness (QED) is 0.0822. The average molecular weight is 935 g/mol. The third-order valence-electron chi connectivity index (χ3n) is 17.7. The fraction of sp³-hybridized carbons (Fsp3) is 0.978. The van der Waals surface area contributed by atoms with E-state index in [2.05, 4.69) is 20.8 Å². The summed E-state index contributed by atoms with van der Waals surface area (Å²) in [5.41, 5.74) is -0.802. The van der Waals surface area contributed by atoms with Gasteiger partial charge in [-0.15, -0.1) is 0 Å². The van der Waals surface area contributed by atoms with Crippen molar-refractivity contribution < 1.29 is 99.2 Å². The summed E-state index contributed by atoms with van der Waals surface area (Å²) in [7, 11) is 0. The number of rotatable bonds is 13. The molecule has 20 nitrogen and oxygen atoms in total. The van der Waals surface area contributed by atoms with Crippen molar-refractivity contribution in [3.05, 3.63) is 0 Å². The van der Waals surface area contributed by atoms with E-state index in [0.717, 1.165) is 25.7 Å². The lowest BCUT2D eigenvalue weighted by molar-refractivity contribution is -0.373. The molecule has 0 aromatic heterocycles. The maximum atomic E-state index is 14.7. The second-order valence-electron chi connectivity index (χ2n) is 21.3. The Balaban J connectivity index is 0.885. The SMILES string of the molecule is CC(CO[C@@H]1O[C@H](CO)[C@@H](O)[C@H](O)[C@H]1O)CC(O)C1OC2CC3C4CCC5CC(O[C@@H]6O[C@H](CO)[C@H](O)[C@H](O)[C@H]6O[C@@H]6O[C@H](CO)[C@@H](O)[C@H](O)[C@H]6O)CC[C@]5(C)C4CC(=O)[C@]3(C)C2C1C. The Hall–Kier alpha value is -1.09. The van der Waals surface area contributed by atoms with Crippen molar-refractivity contribution >= 4 is 5.78 Å². The van der Waals surface area contributed by atoms with Crippen LogP contribution in [0.25, 0.3) is 0 Å². The van der Waals surface area contributed by atoms with Gasteiger partial charge in [0.1, 0.15) is 79.0 Å². The summed E-state index contributed by atoms with van der Waals surface area (Å²) in [5.74, 6) is 0.558. The molecule has 4 aliphatic carbocycles. The first-order valence-corrected chi connectivity index (χ1v) is 23.8. The summed E-state index contributed by atoms with van der Waals surface area (Å²) in [4.78, 5) is 14.7. The molecule has 4 saturated heterocycles. The van der Waals surface area contributed by atoms with Crippen LogP contribution in [0.2, 0.25) is 0 Å². The van der Waals surface area contributed by atoms with Crippen molar-refractivity contribution in [2.45, 2.75) is 196 Å². The molecule has 4 aliphatic heterocycles. The zero-order valence-corrected chi connectivity index (χ0v) is 37.6. The van der Waals surface area contributed by atoms with Crippen LogP contribution in [0.1, 0.15) is 79.1 Å². The number of Topliss-reactive ketones (excluding diaryl/α,β-unsaturated/α-hetero) is 1. The molecule has 0 bridgehead atoms. The zero-order valence-electron chi connectivity index (χ0n) is 37.6. The van der Waals surface area contributed by atoms with E-state index in [4.69, 9.17) is 33.2 Å². The van der Waals surface area contributed by atoms with Crippen LogP contribution in [0, 0.1) is 52.3 Å². The molecular weight excluding hydrogens is 860 g/mol. The lowest BCUT2D eigenvalue weighted by Crippen LogP contribution is -2.65. The van der Waals surface area contributed by atoms with Crippen LogP contribution in [0.5, 0.6) is 0 Å². The molecule has 11 unspecified atom stereocenters. The van der Waals surface area contributed by atoms with Crippen molar-refractivity contribution in [3.63, 3.8) is 0 Å². The number of hydrogen-bond donors (Lipinski definition) is 12. The maximum Gasteiger partial charge on any atom is 0.187 e. The standard InChI is InChI=1S/C45H74O20/c1-17(16-59-41-37(57)34(54)31(51)26(13-46)62-41)9-24(49)39-18(2)30-25(61-39)11-23-21-6-5-19-10-20(7-8-44(19,3)22(21)12-29(50)45(23,30)4)60-43-40(36(56)33(53)28(15-48)64-43)65-42-38(58)35(55)32(52)27(14-47)63-42/h17-28,30-43,46-49,51-58H,5-16H2,1-4H3/t17?,18?,19?,20?,21?,22?,23?,24?,25?,26-,27-,28-,30?,31-,32-,33+,34+,35+,36+,37-,38-,39?,40-,41-,42+,43-,44+,45-/m1/s1. The molecule has 0 aromatic carbocycles. The number of fused-ring (bicyclic) bond motifs is 7. The average Bonchev–Trinajstić information content (AvgIpc) is 3.79. The van der Waals surface area contributed by atoms with Gasteiger partial charge in [-0.1, -0.05) is 27.7 Å². The molecule has 4 heterocycles. The summed E-state index contributed by atoms with van der Waals surface area (Å²) < 4.78 is 41.8. The van der Waals surface area contributed by atoms with Crippen LogP contribution in [-0.2, 0) is 38.0 Å². The van der Waals surface area contributed by atoms with Crippen LogP contribution >= 0.6 is 0 Å². The maximum absolute atomic E-state index is 14.7. The fourth-order valence-electron chi connectivity index (χ4n) is 14.0. The zero-order chi connectivity index (χ0) is 47.0. The van der Waals surface area contributed by atoms with Gasteiger partial charge in [-0.3, -0.25) is 4.79 Å². The van der Waals surface area contributed by atoms with E-state index < -0.39 is 136 Å². The molecule has 0 aromatic rings. The Kier molecular flexibility index (Phi) is 15.2. The number of hydrogen-bond acceptors (Lipinski definition) is 20. The highest BCUT2D eigenvalue weighted by molar-refractivity contribution is 5.87. The molecular formula is C45H74O20. The highest BCUT2D eigenvalue weighted by Gasteiger charge is 2.69. The Morgan fingerprint density at radius 2 is 1.28 bits per heavy atom. The smallest absolute Gasteiger partial charge is 0.187 e. The van der Waals surface area contributed by atoms with Crippen molar-refractivity contribution in [2.75, 3.05) is 26.4 Å². The molecule has 8 rings (SSSR count). The van der Waals surface area contributed by atoms with Gasteiger partial charge in [0, 0.05) is 17.8 Å². The summed E-state index contributed by atoms with van der Waals surface area (Å²) in [5, 5.41) is 125. The van der Waals surface area contributed by atoms with Crippen molar-refractivity contribution in [1.29, 1.82) is 0 Å². The molecule has 0 spiro atoms. The molecule has 0 amide bonds. The molecule has 4 saturated carbocycles. The summed E-state index contributed by atoms with van der Waals surface area (Å²) >= 11 is 0. The predicted molar refractivity (Wildman–Crippen MR) is 220 cm³/mol. The molecule has 8 fully saturated rings. The number of aliphatic hydroxyl groups is 12. The van der Waals surface area contributed by atoms with E-state index in [1.165, 1.54) is 0 Å². The normalized spacial score (nSPS) is 54.3. The van der Waals surface area contributed by atoms with E-state index in [1.54, 1.807) is 0 Å². The number of ketones is 1. The van der Waals surface area contributed by atoms with Crippen LogP contribution in [0.4, 0.5) is 0 Å². The molecule has 374 valence electrons. The number of ether oxygens (including phenoxy) is 7. The van der Waals surface area contributed by atoms with Gasteiger partial charge in [-0.2, -0.15) is 0 Å². The van der Waals surface area contributed by atoms with Gasteiger partial charge in [0.15, 0.2) is 18.9 Å². The molecule has 8 aliphatic rings. The summed E-state index contributed by atoms with van der Waals surface area (Å²) in [6.45, 7) is 6.51. The first-order chi connectivity index (χ1) is 30.8. The van der Waals surface area contributed by atoms with Crippen LogP contribution in [-0.4, -0.2) is 210 Å². The van der Waals surface area contributed by atoms with Gasteiger partial charge >= 0.3 is 0 Å². The Bertz CT molecular complexity index is 1620. The number of aliphatic hydroxyl groups excluding tert-OH is 12. The van der Waals surface area contributed by atoms with Crippen molar-refractivity contribution in [3.8, 4) is 0 Å². The largest absolute Gasteiger partial charge is 0.394 e. The monoisotopic (exact) mass is 934 g/mol. The lowest BCUT2D eigenvalue weighted by atomic mass is 9.44. The van der Waals surface area contributed by atoms with Gasteiger partial charge in [0.05, 0.1) is 50.8 Å². The minimum absolute atomic E-state index is 0.0635. The number of carbonyl (C=O) groups excluding carboxylic acids is 1. The van der Waals surface area contributed by atoms with E-state index in [-0.39, 0.29) is 59.4 Å². The Labute approximate surface area is 378 Å². The third kappa shape index (κ3) is 8.79. The van der Waals surface area contributed by atoms with Crippen LogP contribution in [0.3, 0.4) is 0 Å². The van der Waals surface area contributed by atoms with Gasteiger partial charge in [-0.25, -0.2) is 0 Å². The number of carbonyl (C=O) groups is 1.